The number of carbonyl (C=O) groups excluding carboxylic acids is 1. The van der Waals surface area contributed by atoms with Crippen LogP contribution in [0.2, 0.25) is 0 Å². The van der Waals surface area contributed by atoms with Gasteiger partial charge in [-0.15, -0.1) is 0 Å². The van der Waals surface area contributed by atoms with E-state index in [9.17, 15) is 18.0 Å². The number of rotatable bonds is 2. The first kappa shape index (κ1) is 11.7. The van der Waals surface area contributed by atoms with Gasteiger partial charge in [-0.1, -0.05) is 11.6 Å². The monoisotopic (exact) mass is 250 g/mol. The molecular formula is C9H9F3N2O3. The standard InChI is InChI=1S/C9H9F3N2O3/c10-9(11,12)8(2-1-3-8)5-4-6(17-14-5)16-7(13)15/h4H,1-3H2,(H2,13,15). The third kappa shape index (κ3) is 1.83. The number of ether oxygens (including phenoxy) is 1. The van der Waals surface area contributed by atoms with Gasteiger partial charge in [-0.05, 0) is 12.8 Å². The first-order valence-corrected chi connectivity index (χ1v) is 4.86. The number of hydrogen-bond acceptors (Lipinski definition) is 4. The van der Waals surface area contributed by atoms with Crippen molar-refractivity contribution in [2.24, 2.45) is 5.73 Å². The van der Waals surface area contributed by atoms with Gasteiger partial charge in [-0.3, -0.25) is 0 Å². The summed E-state index contributed by atoms with van der Waals surface area (Å²) in [6.07, 6.45) is -5.18. The number of nitrogens with zero attached hydrogens (tertiary/aromatic N) is 1. The molecule has 17 heavy (non-hydrogen) atoms. The van der Waals surface area contributed by atoms with Crippen LogP contribution in [0.4, 0.5) is 18.0 Å². The lowest BCUT2D eigenvalue weighted by atomic mass is 9.66. The molecular weight excluding hydrogens is 241 g/mol. The Balaban J connectivity index is 2.27. The highest BCUT2D eigenvalue weighted by Gasteiger charge is 2.61. The third-order valence-electron chi connectivity index (χ3n) is 2.93. The molecule has 8 heteroatoms. The summed E-state index contributed by atoms with van der Waals surface area (Å²) >= 11 is 0. The third-order valence-corrected chi connectivity index (χ3v) is 2.93. The Kier molecular flexibility index (Phi) is 2.52. The van der Waals surface area contributed by atoms with Gasteiger partial charge in [0.1, 0.15) is 11.1 Å². The van der Waals surface area contributed by atoms with Crippen LogP contribution in [0.5, 0.6) is 5.95 Å². The fraction of sp³-hybridized carbons (Fsp3) is 0.556. The number of alkyl halides is 3. The SMILES string of the molecule is NC(=O)Oc1cc(C2(C(F)(F)F)CCC2)no1. The molecule has 1 amide bonds. The predicted octanol–water partition coefficient (Wildman–Crippen LogP) is 2.12. The minimum atomic E-state index is -4.40. The molecule has 0 spiro atoms. The molecule has 2 N–H and O–H groups in total. The van der Waals surface area contributed by atoms with Crippen molar-refractivity contribution in [2.45, 2.75) is 30.9 Å². The van der Waals surface area contributed by atoms with Gasteiger partial charge in [0, 0.05) is 6.07 Å². The molecule has 1 heterocycles. The Labute approximate surface area is 93.7 Å². The number of halogens is 3. The number of aromatic nitrogens is 1. The minimum Gasteiger partial charge on any atom is -0.374 e. The summed E-state index contributed by atoms with van der Waals surface area (Å²) in [6, 6.07) is 0.956. The molecule has 0 unspecified atom stereocenters. The average molecular weight is 250 g/mol. The lowest BCUT2D eigenvalue weighted by molar-refractivity contribution is -0.214. The van der Waals surface area contributed by atoms with E-state index in [4.69, 9.17) is 5.73 Å². The van der Waals surface area contributed by atoms with Crippen LogP contribution in [0.1, 0.15) is 25.0 Å². The number of hydrogen-bond donors (Lipinski definition) is 1. The van der Waals surface area contributed by atoms with E-state index >= 15 is 0 Å². The summed E-state index contributed by atoms with van der Waals surface area (Å²) in [5.74, 6) is -0.428. The Bertz CT molecular complexity index is 437. The van der Waals surface area contributed by atoms with E-state index < -0.39 is 23.6 Å². The second-order valence-electron chi connectivity index (χ2n) is 3.89. The smallest absolute Gasteiger partial charge is 0.374 e. The summed E-state index contributed by atoms with van der Waals surface area (Å²) in [4.78, 5) is 10.4. The van der Waals surface area contributed by atoms with Gasteiger partial charge in [-0.25, -0.2) is 4.79 Å². The van der Waals surface area contributed by atoms with Crippen molar-refractivity contribution < 1.29 is 27.2 Å². The Morgan fingerprint density at radius 3 is 2.59 bits per heavy atom. The molecule has 94 valence electrons. The first-order valence-electron chi connectivity index (χ1n) is 4.86. The molecule has 1 aliphatic carbocycles. The molecule has 5 nitrogen and oxygen atoms in total. The zero-order valence-corrected chi connectivity index (χ0v) is 8.58. The molecule has 1 fully saturated rings. The van der Waals surface area contributed by atoms with Crippen molar-refractivity contribution in [1.82, 2.24) is 5.16 Å². The van der Waals surface area contributed by atoms with Crippen LogP contribution >= 0.6 is 0 Å². The fourth-order valence-electron chi connectivity index (χ4n) is 1.85. The van der Waals surface area contributed by atoms with Gasteiger partial charge >= 0.3 is 18.2 Å². The topological polar surface area (TPSA) is 78.4 Å². The average Bonchev–Trinajstić information content (AvgIpc) is 2.46. The molecule has 0 bridgehead atoms. The molecule has 0 aliphatic heterocycles. The zero-order valence-electron chi connectivity index (χ0n) is 8.58. The Morgan fingerprint density at radius 2 is 2.18 bits per heavy atom. The van der Waals surface area contributed by atoms with E-state index in [1.165, 1.54) is 0 Å². The van der Waals surface area contributed by atoms with Crippen LogP contribution < -0.4 is 10.5 Å². The zero-order chi connectivity index (χ0) is 12.7. The molecule has 0 saturated heterocycles. The van der Waals surface area contributed by atoms with Gasteiger partial charge < -0.3 is 15.0 Å². The number of amides is 1. The Morgan fingerprint density at radius 1 is 1.53 bits per heavy atom. The summed E-state index contributed by atoms with van der Waals surface area (Å²) < 4.78 is 47.5. The largest absolute Gasteiger partial charge is 0.412 e. The Hall–Kier alpha value is -1.73. The molecule has 1 aromatic heterocycles. The summed E-state index contributed by atoms with van der Waals surface area (Å²) in [5.41, 5.74) is 2.46. The van der Waals surface area contributed by atoms with Gasteiger partial charge in [-0.2, -0.15) is 13.2 Å². The van der Waals surface area contributed by atoms with Crippen LogP contribution in [0.25, 0.3) is 0 Å². The molecule has 0 aromatic carbocycles. The highest BCUT2D eigenvalue weighted by atomic mass is 19.4. The summed E-state index contributed by atoms with van der Waals surface area (Å²) in [5, 5.41) is 3.30. The van der Waals surface area contributed by atoms with Crippen molar-refractivity contribution in [3.63, 3.8) is 0 Å². The second kappa shape index (κ2) is 3.64. The van der Waals surface area contributed by atoms with Gasteiger partial charge in [0.25, 0.3) is 0 Å². The van der Waals surface area contributed by atoms with Gasteiger partial charge in [0.15, 0.2) is 0 Å². The molecule has 1 saturated carbocycles. The van der Waals surface area contributed by atoms with E-state index in [1.54, 1.807) is 0 Å². The molecule has 0 radical (unpaired) electrons. The van der Waals surface area contributed by atoms with Crippen molar-refractivity contribution in [1.29, 1.82) is 0 Å². The van der Waals surface area contributed by atoms with Crippen LogP contribution in [0.15, 0.2) is 10.6 Å². The number of nitrogens with two attached hydrogens (primary N) is 1. The predicted molar refractivity (Wildman–Crippen MR) is 48.3 cm³/mol. The van der Waals surface area contributed by atoms with Crippen LogP contribution in [0, 0.1) is 0 Å². The van der Waals surface area contributed by atoms with Gasteiger partial charge in [0.05, 0.1) is 0 Å². The maximum atomic E-state index is 12.9. The fourth-order valence-corrected chi connectivity index (χ4v) is 1.85. The molecule has 0 atom stereocenters. The van der Waals surface area contributed by atoms with Crippen molar-refractivity contribution in [3.8, 4) is 5.95 Å². The van der Waals surface area contributed by atoms with Crippen molar-refractivity contribution in [2.75, 3.05) is 0 Å². The maximum Gasteiger partial charge on any atom is 0.412 e. The van der Waals surface area contributed by atoms with Crippen LogP contribution in [-0.4, -0.2) is 17.4 Å². The highest BCUT2D eigenvalue weighted by molar-refractivity contribution is 5.67. The normalized spacial score (nSPS) is 18.5. The molecule has 2 rings (SSSR count). The minimum absolute atomic E-state index is 0.0426. The summed E-state index contributed by atoms with van der Waals surface area (Å²) in [6.45, 7) is 0. The van der Waals surface area contributed by atoms with E-state index in [2.05, 4.69) is 14.4 Å². The van der Waals surface area contributed by atoms with Gasteiger partial charge in [0.2, 0.25) is 0 Å². The van der Waals surface area contributed by atoms with Crippen LogP contribution in [0.3, 0.4) is 0 Å². The van der Waals surface area contributed by atoms with E-state index in [0.29, 0.717) is 6.42 Å². The summed E-state index contributed by atoms with van der Waals surface area (Å²) in [7, 11) is 0. The maximum absolute atomic E-state index is 12.9. The molecule has 1 aliphatic rings. The highest BCUT2D eigenvalue weighted by Crippen LogP contribution is 2.54. The van der Waals surface area contributed by atoms with Crippen molar-refractivity contribution >= 4 is 6.09 Å². The first-order chi connectivity index (χ1) is 7.85. The van der Waals surface area contributed by atoms with E-state index in [-0.39, 0.29) is 18.5 Å². The second-order valence-corrected chi connectivity index (χ2v) is 3.89. The lowest BCUT2D eigenvalue weighted by Gasteiger charge is -2.41. The van der Waals surface area contributed by atoms with E-state index in [1.807, 2.05) is 0 Å². The van der Waals surface area contributed by atoms with Crippen LogP contribution in [-0.2, 0) is 5.41 Å². The number of primary amides is 1. The quantitative estimate of drug-likeness (QED) is 0.871. The van der Waals surface area contributed by atoms with Crippen molar-refractivity contribution in [3.05, 3.63) is 11.8 Å². The lowest BCUT2D eigenvalue weighted by Crippen LogP contribution is -2.48. The molecule has 1 aromatic rings. The number of carbonyl (C=O) groups is 1. The van der Waals surface area contributed by atoms with E-state index in [0.717, 1.165) is 6.07 Å².